The average molecular weight is 387 g/mol. The quantitative estimate of drug-likeness (QED) is 0.742. The maximum absolute atomic E-state index is 9.94. The number of hydrogen-bond acceptors (Lipinski definition) is 7. The van der Waals surface area contributed by atoms with Gasteiger partial charge in [-0.25, -0.2) is 0 Å². The molecule has 0 unspecified atom stereocenters. The summed E-state index contributed by atoms with van der Waals surface area (Å²) in [4.78, 5) is 2.95. The number of rotatable bonds is 3. The fourth-order valence-corrected chi connectivity index (χ4v) is 4.58. The number of morpholine rings is 1. The van der Waals surface area contributed by atoms with Crippen LogP contribution in [-0.2, 0) is 4.74 Å². The van der Waals surface area contributed by atoms with Crippen molar-refractivity contribution in [1.29, 1.82) is 5.26 Å². The Morgan fingerprint density at radius 2 is 2.15 bits per heavy atom. The molecule has 7 nitrogen and oxygen atoms in total. The SMILES string of the molecule is Cc1ccc(-c2c(-c3nn[nH]n3)sc(N3CCOCC3)c2C#N)c(Cl)c1. The van der Waals surface area contributed by atoms with Gasteiger partial charge in [-0.05, 0) is 23.8 Å². The highest BCUT2D eigenvalue weighted by Crippen LogP contribution is 2.47. The molecule has 0 amide bonds. The van der Waals surface area contributed by atoms with E-state index in [0.29, 0.717) is 29.6 Å². The fourth-order valence-electron chi connectivity index (χ4n) is 3.01. The highest BCUT2D eigenvalue weighted by atomic mass is 35.5. The average Bonchev–Trinajstić information content (AvgIpc) is 3.30. The van der Waals surface area contributed by atoms with Gasteiger partial charge in [0.15, 0.2) is 0 Å². The van der Waals surface area contributed by atoms with Crippen LogP contribution in [0.15, 0.2) is 18.2 Å². The zero-order valence-electron chi connectivity index (χ0n) is 14.0. The molecule has 1 fully saturated rings. The summed E-state index contributed by atoms with van der Waals surface area (Å²) in [6.45, 7) is 4.74. The van der Waals surface area contributed by atoms with Gasteiger partial charge < -0.3 is 9.64 Å². The molecule has 1 aromatic carbocycles. The number of nitrogens with zero attached hydrogens (tertiary/aromatic N) is 5. The number of aryl methyl sites for hydroxylation is 1. The van der Waals surface area contributed by atoms with Crippen molar-refractivity contribution in [2.24, 2.45) is 0 Å². The number of aromatic nitrogens is 4. The van der Waals surface area contributed by atoms with Crippen molar-refractivity contribution in [3.05, 3.63) is 34.3 Å². The van der Waals surface area contributed by atoms with E-state index in [4.69, 9.17) is 16.3 Å². The van der Waals surface area contributed by atoms with Crippen LogP contribution in [-0.4, -0.2) is 46.9 Å². The third kappa shape index (κ3) is 2.94. The first-order chi connectivity index (χ1) is 12.7. The summed E-state index contributed by atoms with van der Waals surface area (Å²) in [5.41, 5.74) is 3.19. The molecule has 0 atom stereocenters. The van der Waals surface area contributed by atoms with Crippen LogP contribution in [0.3, 0.4) is 0 Å². The van der Waals surface area contributed by atoms with E-state index in [9.17, 15) is 5.26 Å². The van der Waals surface area contributed by atoms with E-state index < -0.39 is 0 Å². The molecule has 0 radical (unpaired) electrons. The normalized spacial score (nSPS) is 14.4. The number of thiophene rings is 1. The van der Waals surface area contributed by atoms with Gasteiger partial charge in [-0.3, -0.25) is 0 Å². The number of H-pyrrole nitrogens is 1. The molecule has 2 aromatic heterocycles. The van der Waals surface area contributed by atoms with Gasteiger partial charge in [0.1, 0.15) is 11.1 Å². The van der Waals surface area contributed by atoms with Crippen LogP contribution in [0.25, 0.3) is 21.8 Å². The van der Waals surface area contributed by atoms with Gasteiger partial charge in [-0.1, -0.05) is 23.7 Å². The van der Waals surface area contributed by atoms with Crippen LogP contribution in [0.4, 0.5) is 5.00 Å². The van der Waals surface area contributed by atoms with E-state index in [0.717, 1.165) is 39.7 Å². The van der Waals surface area contributed by atoms with Crippen molar-refractivity contribution in [2.45, 2.75) is 6.92 Å². The minimum Gasteiger partial charge on any atom is -0.378 e. The number of benzene rings is 1. The zero-order chi connectivity index (χ0) is 18.1. The van der Waals surface area contributed by atoms with Gasteiger partial charge in [0.25, 0.3) is 0 Å². The first-order valence-corrected chi connectivity index (χ1v) is 9.28. The predicted octanol–water partition coefficient (Wildman–Crippen LogP) is 3.27. The summed E-state index contributed by atoms with van der Waals surface area (Å²) in [6, 6.07) is 8.18. The van der Waals surface area contributed by atoms with E-state index in [1.54, 1.807) is 0 Å². The molecule has 1 N–H and O–H groups in total. The summed E-state index contributed by atoms with van der Waals surface area (Å²) in [5, 5.41) is 25.8. The second-order valence-corrected chi connectivity index (χ2v) is 7.32. The third-order valence-corrected chi connectivity index (χ3v) is 5.80. The van der Waals surface area contributed by atoms with Gasteiger partial charge in [0, 0.05) is 29.2 Å². The fraction of sp³-hybridized carbons (Fsp3) is 0.294. The van der Waals surface area contributed by atoms with Gasteiger partial charge >= 0.3 is 0 Å². The van der Waals surface area contributed by atoms with E-state index in [1.165, 1.54) is 11.3 Å². The Morgan fingerprint density at radius 3 is 2.81 bits per heavy atom. The van der Waals surface area contributed by atoms with Crippen molar-refractivity contribution in [3.8, 4) is 27.9 Å². The van der Waals surface area contributed by atoms with Crippen LogP contribution >= 0.6 is 22.9 Å². The summed E-state index contributed by atoms with van der Waals surface area (Å²) < 4.78 is 5.44. The van der Waals surface area contributed by atoms with Crippen LogP contribution in [0.5, 0.6) is 0 Å². The second-order valence-electron chi connectivity index (χ2n) is 5.92. The molecule has 1 saturated heterocycles. The Kier molecular flexibility index (Phi) is 4.59. The standard InChI is InChI=1S/C17H15ClN6OS/c1-10-2-3-11(13(18)8-10)14-12(9-19)17(24-4-6-25-7-5-24)26-15(14)16-20-22-23-21-16/h2-3,8H,4-7H2,1H3,(H,20,21,22,23). The molecule has 132 valence electrons. The Morgan fingerprint density at radius 1 is 1.35 bits per heavy atom. The maximum atomic E-state index is 9.94. The van der Waals surface area contributed by atoms with Crippen LogP contribution in [0.1, 0.15) is 11.1 Å². The molecule has 0 spiro atoms. The molecular formula is C17H15ClN6OS. The summed E-state index contributed by atoms with van der Waals surface area (Å²) in [7, 11) is 0. The molecule has 3 heterocycles. The van der Waals surface area contributed by atoms with Gasteiger partial charge in [-0.2, -0.15) is 10.5 Å². The first kappa shape index (κ1) is 17.0. The van der Waals surface area contributed by atoms with Crippen LogP contribution in [0.2, 0.25) is 5.02 Å². The highest BCUT2D eigenvalue weighted by molar-refractivity contribution is 7.20. The number of nitrogens with one attached hydrogen (secondary N) is 1. The van der Waals surface area contributed by atoms with Gasteiger partial charge in [-0.15, -0.1) is 21.5 Å². The monoisotopic (exact) mass is 386 g/mol. The lowest BCUT2D eigenvalue weighted by molar-refractivity contribution is 0.123. The molecule has 0 saturated carbocycles. The summed E-state index contributed by atoms with van der Waals surface area (Å²) in [6.07, 6.45) is 0. The van der Waals surface area contributed by atoms with Crippen molar-refractivity contribution in [1.82, 2.24) is 20.6 Å². The van der Waals surface area contributed by atoms with Crippen LogP contribution < -0.4 is 4.90 Å². The Bertz CT molecular complexity index is 972. The predicted molar refractivity (Wildman–Crippen MR) is 100 cm³/mol. The van der Waals surface area contributed by atoms with E-state index in [1.807, 2.05) is 25.1 Å². The molecule has 26 heavy (non-hydrogen) atoms. The Labute approximate surface area is 159 Å². The van der Waals surface area contributed by atoms with E-state index >= 15 is 0 Å². The molecule has 4 rings (SSSR count). The first-order valence-electron chi connectivity index (χ1n) is 8.09. The zero-order valence-corrected chi connectivity index (χ0v) is 15.6. The molecule has 1 aliphatic rings. The van der Waals surface area contributed by atoms with Gasteiger partial charge in [0.05, 0.1) is 23.7 Å². The molecule has 1 aliphatic heterocycles. The second kappa shape index (κ2) is 7.03. The summed E-state index contributed by atoms with van der Waals surface area (Å²) in [5.74, 6) is 0.456. The number of ether oxygens (including phenoxy) is 1. The molecule has 9 heteroatoms. The Hall–Kier alpha value is -2.47. The van der Waals surface area contributed by atoms with Crippen LogP contribution in [0, 0.1) is 18.3 Å². The number of nitriles is 1. The lowest BCUT2D eigenvalue weighted by Gasteiger charge is -2.27. The number of hydrogen-bond donors (Lipinski definition) is 1. The number of aromatic amines is 1. The largest absolute Gasteiger partial charge is 0.378 e. The number of halogens is 1. The molecule has 0 aliphatic carbocycles. The Balaban J connectivity index is 1.95. The lowest BCUT2D eigenvalue weighted by atomic mass is 10.00. The topological polar surface area (TPSA) is 90.7 Å². The number of tetrazole rings is 1. The summed E-state index contributed by atoms with van der Waals surface area (Å²) >= 11 is 8.01. The van der Waals surface area contributed by atoms with Gasteiger partial charge in [0.2, 0.25) is 5.82 Å². The highest BCUT2D eigenvalue weighted by Gasteiger charge is 2.28. The van der Waals surface area contributed by atoms with Crippen molar-refractivity contribution in [2.75, 3.05) is 31.2 Å². The number of anilines is 1. The minimum atomic E-state index is 0.456. The molecule has 0 bridgehead atoms. The van der Waals surface area contributed by atoms with Crippen molar-refractivity contribution < 1.29 is 4.74 Å². The maximum Gasteiger partial charge on any atom is 0.215 e. The van der Waals surface area contributed by atoms with Crippen molar-refractivity contribution in [3.63, 3.8) is 0 Å². The minimum absolute atomic E-state index is 0.456. The van der Waals surface area contributed by atoms with E-state index in [2.05, 4.69) is 31.6 Å². The molecular weight excluding hydrogens is 372 g/mol. The van der Waals surface area contributed by atoms with E-state index in [-0.39, 0.29) is 0 Å². The lowest BCUT2D eigenvalue weighted by Crippen LogP contribution is -2.36. The van der Waals surface area contributed by atoms with Crippen molar-refractivity contribution >= 4 is 27.9 Å². The third-order valence-electron chi connectivity index (χ3n) is 4.24. The smallest absolute Gasteiger partial charge is 0.215 e. The molecule has 3 aromatic rings.